The maximum Gasteiger partial charge on any atom is 0.446 e. The summed E-state index contributed by atoms with van der Waals surface area (Å²) in [6, 6.07) is 9.58. The van der Waals surface area contributed by atoms with Crippen LogP contribution >= 0.6 is 23.4 Å². The molecule has 0 saturated heterocycles. The van der Waals surface area contributed by atoms with Crippen LogP contribution in [0.4, 0.5) is 24.5 Å². The minimum Gasteiger partial charge on any atom is -0.325 e. The third-order valence-electron chi connectivity index (χ3n) is 2.89. The van der Waals surface area contributed by atoms with Crippen LogP contribution in [-0.4, -0.2) is 17.3 Å². The molecule has 2 N–H and O–H groups in total. The Morgan fingerprint density at radius 3 is 2.20 bits per heavy atom. The molecule has 2 aromatic carbocycles. The lowest BCUT2D eigenvalue weighted by Gasteiger charge is -2.10. The number of carbonyl (C=O) groups excluding carboxylic acids is 2. The minimum atomic E-state index is -4.38. The molecule has 2 rings (SSSR count). The zero-order valence-corrected chi connectivity index (χ0v) is 14.4. The Bertz CT molecular complexity index is 795. The van der Waals surface area contributed by atoms with E-state index in [0.717, 1.165) is 0 Å². The van der Waals surface area contributed by atoms with Gasteiger partial charge in [-0.3, -0.25) is 9.59 Å². The summed E-state index contributed by atoms with van der Waals surface area (Å²) < 4.78 is 36.8. The molecule has 0 aliphatic carbocycles. The van der Waals surface area contributed by atoms with Crippen LogP contribution in [0.5, 0.6) is 0 Å². The summed E-state index contributed by atoms with van der Waals surface area (Å²) in [4.78, 5) is 23.1. The molecule has 0 aliphatic rings. The predicted molar refractivity (Wildman–Crippen MR) is 92.1 cm³/mol. The van der Waals surface area contributed by atoms with Crippen molar-refractivity contribution in [3.63, 3.8) is 0 Å². The van der Waals surface area contributed by atoms with E-state index in [0.29, 0.717) is 11.4 Å². The fraction of sp³-hybridized carbons (Fsp3) is 0.125. The number of thioether (sulfide) groups is 1. The van der Waals surface area contributed by atoms with Crippen molar-refractivity contribution in [2.45, 2.75) is 17.3 Å². The smallest absolute Gasteiger partial charge is 0.325 e. The zero-order valence-electron chi connectivity index (χ0n) is 12.8. The molecule has 0 radical (unpaired) electrons. The molecule has 2 amide bonds. The van der Waals surface area contributed by atoms with E-state index in [1.54, 1.807) is 6.07 Å². The first-order valence-corrected chi connectivity index (χ1v) is 8.08. The highest BCUT2D eigenvalue weighted by Crippen LogP contribution is 2.36. The molecule has 0 fully saturated rings. The van der Waals surface area contributed by atoms with Crippen LogP contribution < -0.4 is 10.6 Å². The van der Waals surface area contributed by atoms with Crippen molar-refractivity contribution in [1.29, 1.82) is 0 Å². The van der Waals surface area contributed by atoms with Crippen molar-refractivity contribution in [3.05, 3.63) is 53.1 Å². The summed E-state index contributed by atoms with van der Waals surface area (Å²) in [5, 5.41) is 5.36. The summed E-state index contributed by atoms with van der Waals surface area (Å²) in [5.74, 6) is -0.776. The number of carbonyl (C=O) groups is 2. The zero-order chi connectivity index (χ0) is 18.6. The molecule has 132 valence electrons. The fourth-order valence-electron chi connectivity index (χ4n) is 1.90. The minimum absolute atomic E-state index is 0.00763. The predicted octanol–water partition coefficient (Wildman–Crippen LogP) is 5.16. The van der Waals surface area contributed by atoms with E-state index in [4.69, 9.17) is 11.6 Å². The van der Waals surface area contributed by atoms with E-state index in [2.05, 4.69) is 10.6 Å². The molecular weight excluding hydrogens is 377 g/mol. The van der Waals surface area contributed by atoms with Crippen LogP contribution in [0.25, 0.3) is 0 Å². The van der Waals surface area contributed by atoms with Crippen molar-refractivity contribution >= 4 is 46.6 Å². The number of rotatable bonds is 4. The van der Waals surface area contributed by atoms with Crippen LogP contribution in [0.2, 0.25) is 5.02 Å². The Hall–Kier alpha value is -2.19. The van der Waals surface area contributed by atoms with Crippen molar-refractivity contribution < 1.29 is 22.8 Å². The summed E-state index contributed by atoms with van der Waals surface area (Å²) in [6.45, 7) is 1.34. The van der Waals surface area contributed by atoms with Gasteiger partial charge >= 0.3 is 5.51 Å². The number of benzene rings is 2. The molecule has 0 saturated carbocycles. The number of alkyl halides is 3. The van der Waals surface area contributed by atoms with Crippen molar-refractivity contribution in [2.75, 3.05) is 10.6 Å². The van der Waals surface area contributed by atoms with Crippen LogP contribution in [0.15, 0.2) is 47.4 Å². The molecule has 4 nitrogen and oxygen atoms in total. The lowest BCUT2D eigenvalue weighted by molar-refractivity contribution is -0.114. The van der Waals surface area contributed by atoms with Gasteiger partial charge in [0, 0.05) is 23.1 Å². The van der Waals surface area contributed by atoms with Gasteiger partial charge in [0.25, 0.3) is 5.91 Å². The molecule has 2 aromatic rings. The summed E-state index contributed by atoms with van der Waals surface area (Å²) in [5.41, 5.74) is -3.39. The van der Waals surface area contributed by atoms with Gasteiger partial charge in [-0.25, -0.2) is 0 Å². The Labute approximate surface area is 150 Å². The number of nitrogens with one attached hydrogen (secondary N) is 2. The lowest BCUT2D eigenvalue weighted by atomic mass is 10.2. The summed E-state index contributed by atoms with van der Waals surface area (Å²) in [6.07, 6.45) is 0. The summed E-state index contributed by atoms with van der Waals surface area (Å²) in [7, 11) is 0. The largest absolute Gasteiger partial charge is 0.446 e. The molecule has 0 spiro atoms. The van der Waals surface area contributed by atoms with Crippen LogP contribution in [-0.2, 0) is 4.79 Å². The average Bonchev–Trinajstić information content (AvgIpc) is 2.48. The Morgan fingerprint density at radius 1 is 1.04 bits per heavy atom. The third kappa shape index (κ3) is 5.99. The quantitative estimate of drug-likeness (QED) is 0.711. The molecule has 0 unspecified atom stereocenters. The maximum atomic E-state index is 12.3. The molecule has 25 heavy (non-hydrogen) atoms. The maximum absolute atomic E-state index is 12.3. The van der Waals surface area contributed by atoms with Gasteiger partial charge in [0.05, 0.1) is 10.7 Å². The van der Waals surface area contributed by atoms with Gasteiger partial charge in [-0.05, 0) is 54.2 Å². The molecule has 0 atom stereocenters. The van der Waals surface area contributed by atoms with E-state index < -0.39 is 11.4 Å². The van der Waals surface area contributed by atoms with Gasteiger partial charge in [-0.15, -0.1) is 0 Å². The standard InChI is InChI=1S/C16H12ClF3N2O2S/c1-9(23)21-14-7-4-11(8-13(14)17)22-15(24)10-2-5-12(6-3-10)25-16(18,19)20/h2-8H,1H3,(H,21,23)(H,22,24). The van der Waals surface area contributed by atoms with E-state index in [1.165, 1.54) is 43.3 Å². The molecule has 0 heterocycles. The van der Waals surface area contributed by atoms with Gasteiger partial charge in [0.2, 0.25) is 5.91 Å². The highest BCUT2D eigenvalue weighted by molar-refractivity contribution is 8.00. The third-order valence-corrected chi connectivity index (χ3v) is 3.94. The molecular formula is C16H12ClF3N2O2S. The highest BCUT2D eigenvalue weighted by Gasteiger charge is 2.29. The summed E-state index contributed by atoms with van der Waals surface area (Å²) >= 11 is 5.76. The molecule has 0 bridgehead atoms. The van der Waals surface area contributed by atoms with Gasteiger partial charge < -0.3 is 10.6 Å². The van der Waals surface area contributed by atoms with Gasteiger partial charge in [0.1, 0.15) is 0 Å². The normalized spacial score (nSPS) is 11.1. The molecule has 9 heteroatoms. The molecule has 0 aromatic heterocycles. The second kappa shape index (κ2) is 7.79. The second-order valence-corrected chi connectivity index (χ2v) is 6.45. The van der Waals surface area contributed by atoms with E-state index in [-0.39, 0.29) is 33.2 Å². The van der Waals surface area contributed by atoms with Crippen LogP contribution in [0.1, 0.15) is 17.3 Å². The monoisotopic (exact) mass is 388 g/mol. The van der Waals surface area contributed by atoms with Gasteiger partial charge in [0.15, 0.2) is 0 Å². The highest BCUT2D eigenvalue weighted by atomic mass is 35.5. The van der Waals surface area contributed by atoms with Crippen molar-refractivity contribution in [1.82, 2.24) is 0 Å². The van der Waals surface area contributed by atoms with E-state index in [9.17, 15) is 22.8 Å². The number of anilines is 2. The van der Waals surface area contributed by atoms with Gasteiger partial charge in [-0.1, -0.05) is 11.6 Å². The van der Waals surface area contributed by atoms with E-state index in [1.807, 2.05) is 0 Å². The first-order chi connectivity index (χ1) is 11.6. The molecule has 0 aliphatic heterocycles. The first kappa shape index (κ1) is 19.1. The number of hydrogen-bond acceptors (Lipinski definition) is 3. The second-order valence-electron chi connectivity index (χ2n) is 4.90. The van der Waals surface area contributed by atoms with Crippen LogP contribution in [0.3, 0.4) is 0 Å². The lowest BCUT2D eigenvalue weighted by Crippen LogP contribution is -2.12. The first-order valence-electron chi connectivity index (χ1n) is 6.88. The van der Waals surface area contributed by atoms with Crippen molar-refractivity contribution in [3.8, 4) is 0 Å². The SMILES string of the molecule is CC(=O)Nc1ccc(NC(=O)c2ccc(SC(F)(F)F)cc2)cc1Cl. The topological polar surface area (TPSA) is 58.2 Å². The number of amides is 2. The number of halogens is 4. The average molecular weight is 389 g/mol. The van der Waals surface area contributed by atoms with Crippen molar-refractivity contribution in [2.24, 2.45) is 0 Å². The van der Waals surface area contributed by atoms with E-state index >= 15 is 0 Å². The Balaban J connectivity index is 2.06. The fourth-order valence-corrected chi connectivity index (χ4v) is 2.66. The Kier molecular flexibility index (Phi) is 5.97. The van der Waals surface area contributed by atoms with Crippen LogP contribution in [0, 0.1) is 0 Å². The number of hydrogen-bond donors (Lipinski definition) is 2. The Morgan fingerprint density at radius 2 is 1.68 bits per heavy atom. The van der Waals surface area contributed by atoms with Gasteiger partial charge in [-0.2, -0.15) is 13.2 Å².